The number of imidazole rings is 1. The predicted molar refractivity (Wildman–Crippen MR) is 95.9 cm³/mol. The summed E-state index contributed by atoms with van der Waals surface area (Å²) in [6.07, 6.45) is 8.96. The van der Waals surface area contributed by atoms with Crippen LogP contribution in [0.15, 0.2) is 36.2 Å². The lowest BCUT2D eigenvalue weighted by atomic mass is 9.84. The van der Waals surface area contributed by atoms with Crippen molar-refractivity contribution in [1.82, 2.24) is 14.5 Å². The molecule has 0 spiro atoms. The molecular weight excluding hydrogens is 318 g/mol. The first kappa shape index (κ1) is 14.7. The topological polar surface area (TPSA) is 41.3 Å². The van der Waals surface area contributed by atoms with E-state index in [-0.39, 0.29) is 12.1 Å². The summed E-state index contributed by atoms with van der Waals surface area (Å²) < 4.78 is 2.25. The molecule has 4 nitrogen and oxygen atoms in total. The molecule has 1 N–H and O–H groups in total. The number of aromatic nitrogens is 2. The average Bonchev–Trinajstić information content (AvgIpc) is 3.33. The van der Waals surface area contributed by atoms with Gasteiger partial charge >= 0.3 is 0 Å². The van der Waals surface area contributed by atoms with E-state index in [2.05, 4.69) is 32.5 Å². The number of hydrogen-bond acceptors (Lipinski definition) is 4. The van der Waals surface area contributed by atoms with Gasteiger partial charge in [-0.2, -0.15) is 0 Å². The van der Waals surface area contributed by atoms with Crippen molar-refractivity contribution in [3.63, 3.8) is 0 Å². The second-order valence-electron chi connectivity index (χ2n) is 7.44. The van der Waals surface area contributed by atoms with Gasteiger partial charge in [0, 0.05) is 28.7 Å². The van der Waals surface area contributed by atoms with Gasteiger partial charge in [-0.1, -0.05) is 6.58 Å². The third kappa shape index (κ3) is 2.11. The molecule has 126 valence electrons. The largest absolute Gasteiger partial charge is 0.393 e. The van der Waals surface area contributed by atoms with Gasteiger partial charge in [-0.25, -0.2) is 4.98 Å². The molecule has 2 aromatic rings. The zero-order valence-electron chi connectivity index (χ0n) is 13.8. The van der Waals surface area contributed by atoms with Crippen LogP contribution in [0.1, 0.15) is 43.0 Å². The van der Waals surface area contributed by atoms with E-state index in [1.807, 2.05) is 12.5 Å². The molecule has 0 bridgehead atoms. The van der Waals surface area contributed by atoms with E-state index in [1.54, 1.807) is 11.3 Å². The summed E-state index contributed by atoms with van der Waals surface area (Å²) in [6.45, 7) is 5.25. The van der Waals surface area contributed by atoms with Crippen molar-refractivity contribution in [3.8, 4) is 11.3 Å². The zero-order valence-corrected chi connectivity index (χ0v) is 14.6. The van der Waals surface area contributed by atoms with Crippen molar-refractivity contribution in [3.05, 3.63) is 41.1 Å². The van der Waals surface area contributed by atoms with Crippen molar-refractivity contribution in [2.45, 2.75) is 50.3 Å². The van der Waals surface area contributed by atoms with E-state index >= 15 is 0 Å². The standard InChI is InChI=1S/C19H23N3OS/c1-12-2-3-14-8-13(4-6-21(12)14)18(23)9-16-19-15(5-7-24-19)17-10-20-11-22(16)17/h5,7,10-11,13-14,16,18,23H,1-4,6,8-9H2/t13-,14+,16+,18-/m0/s1. The van der Waals surface area contributed by atoms with E-state index in [9.17, 15) is 5.11 Å². The Morgan fingerprint density at radius 1 is 1.42 bits per heavy atom. The second kappa shape index (κ2) is 5.46. The predicted octanol–water partition coefficient (Wildman–Crippen LogP) is 3.65. The monoisotopic (exact) mass is 341 g/mol. The minimum absolute atomic E-state index is 0.241. The zero-order chi connectivity index (χ0) is 16.3. The highest BCUT2D eigenvalue weighted by atomic mass is 32.1. The van der Waals surface area contributed by atoms with Crippen LogP contribution in [0, 0.1) is 5.92 Å². The average molecular weight is 341 g/mol. The van der Waals surface area contributed by atoms with Gasteiger partial charge < -0.3 is 14.6 Å². The second-order valence-corrected chi connectivity index (χ2v) is 8.39. The Labute approximate surface area is 146 Å². The highest BCUT2D eigenvalue weighted by molar-refractivity contribution is 7.10. The van der Waals surface area contributed by atoms with E-state index in [1.165, 1.54) is 28.3 Å². The number of fused-ring (bicyclic) bond motifs is 4. The quantitative estimate of drug-likeness (QED) is 0.926. The van der Waals surface area contributed by atoms with Crippen LogP contribution in [0.5, 0.6) is 0 Å². The smallest absolute Gasteiger partial charge is 0.0957 e. The summed E-state index contributed by atoms with van der Waals surface area (Å²) in [5.74, 6) is 0.410. The Morgan fingerprint density at radius 3 is 3.25 bits per heavy atom. The third-order valence-corrected chi connectivity index (χ3v) is 7.23. The molecule has 3 aliphatic rings. The van der Waals surface area contributed by atoms with Gasteiger partial charge in [-0.15, -0.1) is 11.3 Å². The van der Waals surface area contributed by atoms with E-state index in [4.69, 9.17) is 0 Å². The van der Waals surface area contributed by atoms with Gasteiger partial charge in [0.2, 0.25) is 0 Å². The minimum atomic E-state index is -0.241. The van der Waals surface area contributed by atoms with Crippen LogP contribution in [0.2, 0.25) is 0 Å². The van der Waals surface area contributed by atoms with Crippen molar-refractivity contribution in [2.24, 2.45) is 5.92 Å². The lowest BCUT2D eigenvalue weighted by Gasteiger charge is -2.39. The highest BCUT2D eigenvalue weighted by Crippen LogP contribution is 2.46. The fraction of sp³-hybridized carbons (Fsp3) is 0.526. The summed E-state index contributed by atoms with van der Waals surface area (Å²) in [5.41, 5.74) is 3.80. The lowest BCUT2D eigenvalue weighted by Crippen LogP contribution is -2.41. The van der Waals surface area contributed by atoms with Gasteiger partial charge in [0.05, 0.1) is 30.4 Å². The summed E-state index contributed by atoms with van der Waals surface area (Å²) in [7, 11) is 0. The summed E-state index contributed by atoms with van der Waals surface area (Å²) in [6, 6.07) is 3.04. The number of aliphatic hydroxyl groups is 1. The molecule has 3 aliphatic heterocycles. The number of aliphatic hydroxyl groups excluding tert-OH is 1. The summed E-state index contributed by atoms with van der Waals surface area (Å²) >= 11 is 1.81. The number of rotatable bonds is 3. The first-order valence-electron chi connectivity index (χ1n) is 8.94. The van der Waals surface area contributed by atoms with Gasteiger partial charge in [-0.3, -0.25) is 0 Å². The van der Waals surface area contributed by atoms with Crippen molar-refractivity contribution < 1.29 is 5.11 Å². The number of piperidine rings is 1. The molecule has 0 unspecified atom stereocenters. The van der Waals surface area contributed by atoms with Gasteiger partial charge in [-0.05, 0) is 49.5 Å². The van der Waals surface area contributed by atoms with Crippen LogP contribution in [0.3, 0.4) is 0 Å². The Hall–Kier alpha value is -1.59. The van der Waals surface area contributed by atoms with E-state index < -0.39 is 0 Å². The molecule has 4 atom stereocenters. The molecule has 2 saturated heterocycles. The molecule has 2 fully saturated rings. The maximum atomic E-state index is 11.0. The molecule has 0 aliphatic carbocycles. The fourth-order valence-electron chi connectivity index (χ4n) is 4.92. The minimum Gasteiger partial charge on any atom is -0.393 e. The van der Waals surface area contributed by atoms with Crippen LogP contribution in [0.4, 0.5) is 0 Å². The Bertz CT molecular complexity index is 739. The van der Waals surface area contributed by atoms with Crippen LogP contribution < -0.4 is 0 Å². The van der Waals surface area contributed by atoms with Gasteiger partial charge in [0.25, 0.3) is 0 Å². The normalized spacial score (nSPS) is 29.5. The first-order valence-corrected chi connectivity index (χ1v) is 9.82. The molecule has 0 saturated carbocycles. The molecule has 2 aromatic heterocycles. The highest BCUT2D eigenvalue weighted by Gasteiger charge is 2.38. The Kier molecular flexibility index (Phi) is 3.35. The molecule has 0 radical (unpaired) electrons. The van der Waals surface area contributed by atoms with Crippen LogP contribution in [0.25, 0.3) is 11.3 Å². The molecule has 5 heterocycles. The van der Waals surface area contributed by atoms with Gasteiger partial charge in [0.15, 0.2) is 0 Å². The third-order valence-electron chi connectivity index (χ3n) is 6.21. The number of hydrogen-bond donors (Lipinski definition) is 1. The van der Waals surface area contributed by atoms with E-state index in [0.29, 0.717) is 12.0 Å². The van der Waals surface area contributed by atoms with Crippen molar-refractivity contribution >= 4 is 11.3 Å². The Balaban J connectivity index is 1.33. The summed E-state index contributed by atoms with van der Waals surface area (Å²) in [4.78, 5) is 8.18. The Morgan fingerprint density at radius 2 is 2.33 bits per heavy atom. The maximum absolute atomic E-state index is 11.0. The molecule has 24 heavy (non-hydrogen) atoms. The molecule has 0 aromatic carbocycles. The number of nitrogens with zero attached hydrogens (tertiary/aromatic N) is 3. The first-order chi connectivity index (χ1) is 11.7. The van der Waals surface area contributed by atoms with Crippen LogP contribution in [-0.4, -0.2) is 38.2 Å². The molecular formula is C19H23N3OS. The summed E-state index contributed by atoms with van der Waals surface area (Å²) in [5, 5.41) is 13.1. The lowest BCUT2D eigenvalue weighted by molar-refractivity contribution is 0.0404. The number of thiophene rings is 1. The molecule has 5 heteroatoms. The maximum Gasteiger partial charge on any atom is 0.0957 e. The van der Waals surface area contributed by atoms with Crippen LogP contribution in [-0.2, 0) is 0 Å². The van der Waals surface area contributed by atoms with Crippen molar-refractivity contribution in [2.75, 3.05) is 6.54 Å². The SMILES string of the molecule is C=C1CC[C@@H]2C[C@@H]([C@@H](O)C[C@@H]3c4sccc4-c4cncn43)CCN12. The van der Waals surface area contributed by atoms with Crippen LogP contribution >= 0.6 is 11.3 Å². The molecule has 5 rings (SSSR count). The van der Waals surface area contributed by atoms with E-state index in [0.717, 1.165) is 32.2 Å². The fourth-order valence-corrected chi connectivity index (χ4v) is 5.94. The molecule has 0 amide bonds. The number of allylic oxidation sites excluding steroid dienone is 1. The van der Waals surface area contributed by atoms with Crippen molar-refractivity contribution in [1.29, 1.82) is 0 Å². The van der Waals surface area contributed by atoms with Gasteiger partial charge in [0.1, 0.15) is 0 Å².